The summed E-state index contributed by atoms with van der Waals surface area (Å²) in [5, 5.41) is 9.69. The molecule has 6 saturated carbocycles. The zero-order valence-electron chi connectivity index (χ0n) is 75.4. The molecule has 131 heavy (non-hydrogen) atoms. The van der Waals surface area contributed by atoms with Crippen LogP contribution in [-0.4, -0.2) is 150 Å². The van der Waals surface area contributed by atoms with Gasteiger partial charge in [0.25, 0.3) is 20.2 Å². The third-order valence-corrected chi connectivity index (χ3v) is 33.7. The molecule has 720 valence electrons. The molecule has 0 aliphatic heterocycles. The van der Waals surface area contributed by atoms with Gasteiger partial charge in [0.2, 0.25) is 0 Å². The molecule has 4 bridgehead atoms. The standard InChI is InChI=1S/2C30H35O3S.2C14H20F2O9S2.C5H5N.CH4O.BrH/c2*1-4-30(18-12-7-13-19-30)33-28(31)22-32-29-23(2)20-27(21-24(29)3)34(25-14-8-5-9-15-25)26-16-10-6-11-17-26;1-12(2)9-3-4-13(12,10(17)7-9)8-26(19,20)25-6-5-24-11(18)14(15,16)27(21,22)23;1-12(2)9-3-4-13(12,10(17)7-9)8-27(20,21)23-6-5-22-11(18)14(15,16)26-25-24-19;1-2-4-6-5-3-1;1-2;/h2*5-6,8-11,14-17,20-21H,4,7,12-13,18-19,22H2,1-3H3;9H,3-8H2,1-2H3,(H,21,22,23);9,19H,3-8H2,1-2H3;1-5H;2H,1H3;1H/q2*+1;;;;;/p-2. The molecule has 6 aliphatic rings. The number of carbonyl (C=O) groups is 6. The highest BCUT2D eigenvalue weighted by molar-refractivity contribution is 7.97. The van der Waals surface area contributed by atoms with E-state index in [4.69, 9.17) is 28.2 Å². The fourth-order valence-corrected chi connectivity index (χ4v) is 26.4. The minimum atomic E-state index is -6.26. The average molecular weight is 2010 g/mol. The quantitative estimate of drug-likeness (QED) is 0.00374. The summed E-state index contributed by atoms with van der Waals surface area (Å²) in [6, 6.07) is 57.1. The van der Waals surface area contributed by atoms with Crippen LogP contribution in [0.4, 0.5) is 17.6 Å². The number of alkyl halides is 4. The number of fused-ring (bicyclic) bond motifs is 4. The highest BCUT2D eigenvalue weighted by atomic mass is 79.9. The zero-order chi connectivity index (χ0) is 95.6. The maximum absolute atomic E-state index is 13.1. The van der Waals surface area contributed by atoms with Crippen molar-refractivity contribution in [3.8, 4) is 11.5 Å². The number of aryl methyl sites for hydroxylation is 4. The van der Waals surface area contributed by atoms with E-state index in [1.54, 1.807) is 0 Å². The maximum atomic E-state index is 13.1. The molecule has 1 aromatic heterocycles. The number of benzene rings is 6. The molecule has 0 radical (unpaired) electrons. The number of aliphatic hydroxyl groups excluding tert-OH is 1. The van der Waals surface area contributed by atoms with E-state index in [-0.39, 0.29) is 98.5 Å². The van der Waals surface area contributed by atoms with E-state index in [1.807, 2.05) is 58.3 Å². The molecule has 0 saturated heterocycles. The zero-order valence-corrected chi connectivity index (χ0v) is 81.9. The summed E-state index contributed by atoms with van der Waals surface area (Å²) in [7, 11) is -14.1. The van der Waals surface area contributed by atoms with Crippen LogP contribution in [0.2, 0.25) is 0 Å². The number of hydrogen-bond donors (Lipinski definition) is 1. The van der Waals surface area contributed by atoms with Gasteiger partial charge >= 0.3 is 34.4 Å². The van der Waals surface area contributed by atoms with Crippen LogP contribution in [0.3, 0.4) is 0 Å². The molecule has 4 unspecified atom stereocenters. The number of carbonyl (C=O) groups excluding carboxylic acids is 6. The van der Waals surface area contributed by atoms with Crippen LogP contribution in [-0.2, 0) is 118 Å². The third kappa shape index (κ3) is 28.6. The van der Waals surface area contributed by atoms with Crippen LogP contribution >= 0.6 is 12.0 Å². The summed E-state index contributed by atoms with van der Waals surface area (Å²) in [5.74, 6) is -4.81. The lowest BCUT2D eigenvalue weighted by Crippen LogP contribution is -3.00. The number of rotatable bonds is 34. The Hall–Kier alpha value is -7.89. The third-order valence-electron chi connectivity index (χ3n) is 25.2. The molecule has 6 aliphatic carbocycles. The van der Waals surface area contributed by atoms with Gasteiger partial charge in [0.1, 0.15) is 72.7 Å². The van der Waals surface area contributed by atoms with E-state index in [9.17, 15) is 81.4 Å². The smallest absolute Gasteiger partial charge is 0.428 e. The van der Waals surface area contributed by atoms with Crippen molar-refractivity contribution >= 4 is 99.6 Å². The van der Waals surface area contributed by atoms with E-state index in [2.05, 4.69) is 215 Å². The predicted octanol–water partition coefficient (Wildman–Crippen LogP) is 13.1. The van der Waals surface area contributed by atoms with Crippen LogP contribution in [0.5, 0.6) is 11.5 Å². The van der Waals surface area contributed by atoms with E-state index < -0.39 is 124 Å². The van der Waals surface area contributed by atoms with Gasteiger partial charge in [-0.05, 0) is 211 Å². The molecule has 6 fully saturated rings. The molecule has 0 spiro atoms. The van der Waals surface area contributed by atoms with Crippen LogP contribution in [0, 0.1) is 61.2 Å². The summed E-state index contributed by atoms with van der Waals surface area (Å²) < 4.78 is 176. The number of aliphatic hydroxyl groups is 1. The topological polar surface area (TPSA) is 378 Å². The lowest BCUT2D eigenvalue weighted by molar-refractivity contribution is -0.777. The van der Waals surface area contributed by atoms with Crippen molar-refractivity contribution in [2.75, 3.05) is 58.3 Å². The highest BCUT2D eigenvalue weighted by Gasteiger charge is 2.67. The summed E-state index contributed by atoms with van der Waals surface area (Å²) >= 11 is -0.860. The predicted molar refractivity (Wildman–Crippen MR) is 476 cm³/mol. The second kappa shape index (κ2) is 49.0. The van der Waals surface area contributed by atoms with Gasteiger partial charge in [0, 0.05) is 56.3 Å². The average Bonchev–Trinajstić information content (AvgIpc) is 1.55. The van der Waals surface area contributed by atoms with Crippen molar-refractivity contribution in [1.82, 2.24) is 0 Å². The van der Waals surface area contributed by atoms with Crippen molar-refractivity contribution < 1.29 is 155 Å². The molecule has 2 N–H and O–H groups in total. The van der Waals surface area contributed by atoms with Gasteiger partial charge in [-0.2, -0.15) is 38.7 Å². The molecule has 1 heterocycles. The lowest BCUT2D eigenvalue weighted by Gasteiger charge is -2.35. The fourth-order valence-electron chi connectivity index (χ4n) is 18.0. The van der Waals surface area contributed by atoms with Gasteiger partial charge in [-0.1, -0.05) is 133 Å². The Morgan fingerprint density at radius 2 is 0.809 bits per heavy atom. The number of ether oxygens (including phenoxy) is 6. The van der Waals surface area contributed by atoms with Crippen molar-refractivity contribution in [1.29, 1.82) is 0 Å². The number of aromatic nitrogens is 1. The van der Waals surface area contributed by atoms with Crippen LogP contribution in [0.15, 0.2) is 206 Å². The first-order valence-corrected chi connectivity index (χ1v) is 50.7. The summed E-state index contributed by atoms with van der Waals surface area (Å²) in [6.07, 6.45) is 19.3. The summed E-state index contributed by atoms with van der Waals surface area (Å²) in [5.41, 5.74) is 0.435. The Morgan fingerprint density at radius 3 is 1.08 bits per heavy atom. The van der Waals surface area contributed by atoms with Crippen LogP contribution in [0.1, 0.15) is 179 Å². The Balaban J connectivity index is 0.000000232. The van der Waals surface area contributed by atoms with Crippen LogP contribution < -0.4 is 36.7 Å². The Bertz CT molecular complexity index is 4930. The first-order chi connectivity index (χ1) is 61.5. The first-order valence-electron chi connectivity index (χ1n) is 42.9. The molecule has 0 amide bonds. The number of halogens is 5. The number of Topliss-reactive ketones (excluding diaryl/α,β-unsaturated/α-hetero) is 2. The first kappa shape index (κ1) is 110. The van der Waals surface area contributed by atoms with Gasteiger partial charge < -0.3 is 60.3 Å². The second-order valence-electron chi connectivity index (χ2n) is 33.8. The van der Waals surface area contributed by atoms with Crippen molar-refractivity contribution in [3.63, 3.8) is 0 Å². The minimum Gasteiger partial charge on any atom is -1.00 e. The van der Waals surface area contributed by atoms with Gasteiger partial charge in [-0.15, -0.1) is 0 Å². The largest absolute Gasteiger partial charge is 1.00 e. The summed E-state index contributed by atoms with van der Waals surface area (Å²) in [6.45, 7) is 16.4. The molecule has 37 heteroatoms. The molecule has 7 aromatic rings. The molecular formula is C94H118BrF4NO25S6. The van der Waals surface area contributed by atoms with Gasteiger partial charge in [0.05, 0.1) is 44.1 Å². The maximum Gasteiger partial charge on any atom is 0.428 e. The van der Waals surface area contributed by atoms with Gasteiger partial charge in [0.15, 0.2) is 65.1 Å². The number of nitrogens with one attached hydrogen (secondary N) is 1. The Kier molecular flexibility index (Phi) is 41.2. The number of H-pyrrole nitrogens is 1. The highest BCUT2D eigenvalue weighted by Crippen LogP contribution is 2.66. The van der Waals surface area contributed by atoms with Crippen molar-refractivity contribution in [2.24, 2.45) is 33.5 Å². The molecule has 26 nitrogen and oxygen atoms in total. The number of pyridine rings is 1. The van der Waals surface area contributed by atoms with E-state index in [1.165, 1.54) is 42.2 Å². The van der Waals surface area contributed by atoms with Crippen molar-refractivity contribution in [3.05, 3.63) is 198 Å². The molecule has 4 atom stereocenters. The minimum absolute atomic E-state index is 0. The van der Waals surface area contributed by atoms with Crippen molar-refractivity contribution in [2.45, 2.75) is 236 Å². The Morgan fingerprint density at radius 1 is 0.489 bits per heavy atom. The lowest BCUT2D eigenvalue weighted by atomic mass is 9.70. The van der Waals surface area contributed by atoms with E-state index in [0.717, 1.165) is 111 Å². The van der Waals surface area contributed by atoms with E-state index >= 15 is 0 Å². The van der Waals surface area contributed by atoms with Gasteiger partial charge in [-0.3, -0.25) is 23.0 Å². The molecular weight excluding hydrogens is 1890 g/mol. The normalized spacial score (nSPS) is 19.6. The van der Waals surface area contributed by atoms with Gasteiger partial charge in [-0.25, -0.2) is 32.6 Å². The fraction of sp³-hybridized carbons (Fsp3) is 0.500. The molecule has 6 aromatic carbocycles. The number of hydrogen-bond acceptors (Lipinski definition) is 26. The number of aromatic amines is 1. The van der Waals surface area contributed by atoms with Crippen LogP contribution in [0.25, 0.3) is 0 Å². The second-order valence-corrected chi connectivity index (χ2v) is 43.4. The molecule has 13 rings (SSSR count). The Labute approximate surface area is 786 Å². The summed E-state index contributed by atoms with van der Waals surface area (Å²) in [4.78, 5) is 82.6. The SMILES string of the molecule is CC1(C)C2CCC1(CS(=O)(=O)OCCOC(=O)C(F)(F)S(=O)(=O)[O-])C(=O)C2.CC1(C)C2CCC1(CS(=O)(=O)OCCOC(=O)C(F)(F)SOO[O-])C(=O)C2.CCC1(OC(=O)COc2c(C)cc([S+](c3ccccc3)c3ccccc3)cc2C)CCCCC1.CCC1(OC(=O)COc2c(C)cc([S+](c3ccccc3)c3ccccc3)cc2C)CCCCC1.CO.[Br-].c1cc[nH+]cc1. The number of ketones is 2. The number of esters is 4. The monoisotopic (exact) mass is 2010 g/mol. The van der Waals surface area contributed by atoms with E-state index in [0.29, 0.717) is 32.1 Å².